The number of nitrogens with one attached hydrogen (secondary N) is 1. The largest absolute Gasteiger partial charge is 0.844 e. The lowest BCUT2D eigenvalue weighted by molar-refractivity contribution is -0.216. The van der Waals surface area contributed by atoms with E-state index in [9.17, 15) is 5.11 Å². The van der Waals surface area contributed by atoms with Gasteiger partial charge in [0.25, 0.3) is 0 Å². The second kappa shape index (κ2) is 9.98. The number of hydrogen-bond acceptors (Lipinski definition) is 4. The van der Waals surface area contributed by atoms with Crippen LogP contribution < -0.4 is 14.9 Å². The van der Waals surface area contributed by atoms with Crippen molar-refractivity contribution in [1.82, 2.24) is 9.80 Å². The van der Waals surface area contributed by atoms with E-state index in [-0.39, 0.29) is 18.3 Å². The van der Waals surface area contributed by atoms with E-state index in [0.717, 1.165) is 27.5 Å². The molecule has 0 aromatic heterocycles. The molecule has 2 aliphatic heterocycles. The molecule has 2 aliphatic rings. The number of nitrogens with zero attached hydrogens (tertiary/aromatic N) is 6. The van der Waals surface area contributed by atoms with Crippen molar-refractivity contribution in [3.63, 3.8) is 0 Å². The van der Waals surface area contributed by atoms with Crippen LogP contribution in [0, 0.1) is 5.41 Å². The molecule has 1 N–H and O–H groups in total. The van der Waals surface area contributed by atoms with Gasteiger partial charge in [-0.15, -0.1) is 0 Å². The standard InChI is InChI=1S/C31H29N7O/c1-22-35(17-18-36(22)28-15-7-11-24-9-3-5-13-26(24)28)21-33-31(39)34-30(32)38-20-19-37(23(38)2)29-16-8-12-25-10-4-6-14-27(25)29/h3-23H,1-2H3,(H2,32,34,39)/p-1/b33-21+. The van der Waals surface area contributed by atoms with Gasteiger partial charge in [-0.3, -0.25) is 10.3 Å². The summed E-state index contributed by atoms with van der Waals surface area (Å²) < 4.78 is 0. The Balaban J connectivity index is 1.14. The monoisotopic (exact) mass is 514 g/mol. The average molecular weight is 515 g/mol. The first kappa shape index (κ1) is 24.2. The molecule has 0 spiro atoms. The topological polar surface area (TPSA) is 84.6 Å². The van der Waals surface area contributed by atoms with Crippen LogP contribution in [0.25, 0.3) is 21.5 Å². The van der Waals surface area contributed by atoms with Crippen LogP contribution in [-0.4, -0.2) is 40.5 Å². The third-order valence-electron chi connectivity index (χ3n) is 7.26. The fraction of sp³-hybridized carbons (Fsp3) is 0.129. The van der Waals surface area contributed by atoms with Gasteiger partial charge in [0.15, 0.2) is 0 Å². The Morgan fingerprint density at radius 3 is 1.90 bits per heavy atom. The number of rotatable bonds is 3. The summed E-state index contributed by atoms with van der Waals surface area (Å²) in [5, 5.41) is 25.6. The third-order valence-corrected chi connectivity index (χ3v) is 7.26. The van der Waals surface area contributed by atoms with Crippen LogP contribution in [0.2, 0.25) is 0 Å². The molecule has 0 radical (unpaired) electrons. The first-order valence-electron chi connectivity index (χ1n) is 12.8. The van der Waals surface area contributed by atoms with Crippen molar-refractivity contribution in [2.45, 2.75) is 26.2 Å². The van der Waals surface area contributed by atoms with Crippen molar-refractivity contribution in [1.29, 1.82) is 5.41 Å². The van der Waals surface area contributed by atoms with E-state index in [1.807, 2.05) is 73.7 Å². The predicted octanol–water partition coefficient (Wildman–Crippen LogP) is 5.25. The van der Waals surface area contributed by atoms with Crippen LogP contribution in [0.3, 0.4) is 0 Å². The fourth-order valence-electron chi connectivity index (χ4n) is 5.17. The molecular formula is C31H28N7O-. The molecule has 39 heavy (non-hydrogen) atoms. The van der Waals surface area contributed by atoms with Gasteiger partial charge in [0.2, 0.25) is 5.96 Å². The minimum absolute atomic E-state index is 0.0809. The van der Waals surface area contributed by atoms with E-state index in [0.29, 0.717) is 0 Å². The minimum atomic E-state index is -0.728. The van der Waals surface area contributed by atoms with E-state index >= 15 is 0 Å². The third kappa shape index (κ3) is 4.46. The first-order chi connectivity index (χ1) is 19.0. The zero-order valence-corrected chi connectivity index (χ0v) is 21.7. The molecule has 0 bridgehead atoms. The van der Waals surface area contributed by atoms with E-state index in [1.165, 1.54) is 11.7 Å². The number of fused-ring (bicyclic) bond motifs is 2. The molecule has 2 unspecified atom stereocenters. The molecule has 0 fully saturated rings. The zero-order chi connectivity index (χ0) is 26.9. The Hall–Kier alpha value is -5.11. The SMILES string of the molecule is CC1N(/C=N/C([O-])=N\C(=N)N2C=CN(c3cccc4ccccc34)C2C)C=CN1c1cccc2ccccc12. The lowest BCUT2D eigenvalue weighted by atomic mass is 10.1. The molecule has 4 aromatic carbocycles. The summed E-state index contributed by atoms with van der Waals surface area (Å²) >= 11 is 0. The number of guanidine groups is 1. The van der Waals surface area contributed by atoms with Crippen molar-refractivity contribution in [3.05, 3.63) is 110 Å². The zero-order valence-electron chi connectivity index (χ0n) is 21.7. The summed E-state index contributed by atoms with van der Waals surface area (Å²) in [5.41, 5.74) is 2.11. The average Bonchev–Trinajstić information content (AvgIpc) is 3.53. The summed E-state index contributed by atoms with van der Waals surface area (Å²) in [4.78, 5) is 15.6. The van der Waals surface area contributed by atoms with Crippen LogP contribution >= 0.6 is 0 Å². The van der Waals surface area contributed by atoms with E-state index < -0.39 is 6.02 Å². The summed E-state index contributed by atoms with van der Waals surface area (Å²) in [6.45, 7) is 4.01. The summed E-state index contributed by atoms with van der Waals surface area (Å²) in [7, 11) is 0. The van der Waals surface area contributed by atoms with Crippen LogP contribution in [0.15, 0.2) is 120 Å². The van der Waals surface area contributed by atoms with Crippen molar-refractivity contribution in [2.75, 3.05) is 9.80 Å². The summed E-state index contributed by atoms with van der Waals surface area (Å²) in [5.74, 6) is -0.161. The summed E-state index contributed by atoms with van der Waals surface area (Å²) in [6.07, 6.45) is 8.69. The van der Waals surface area contributed by atoms with Crippen LogP contribution in [-0.2, 0) is 0 Å². The summed E-state index contributed by atoms with van der Waals surface area (Å²) in [6, 6.07) is 28.1. The number of benzene rings is 4. The quantitative estimate of drug-likeness (QED) is 0.298. The Labute approximate surface area is 227 Å². The second-order valence-corrected chi connectivity index (χ2v) is 9.49. The van der Waals surface area contributed by atoms with Crippen LogP contribution in [0.5, 0.6) is 0 Å². The van der Waals surface area contributed by atoms with Gasteiger partial charge in [0.05, 0.1) is 23.7 Å². The molecule has 6 rings (SSSR count). The van der Waals surface area contributed by atoms with Crippen molar-refractivity contribution >= 4 is 51.2 Å². The van der Waals surface area contributed by atoms with Crippen molar-refractivity contribution < 1.29 is 5.11 Å². The Kier molecular flexibility index (Phi) is 6.20. The molecule has 2 atom stereocenters. The molecule has 2 heterocycles. The Morgan fingerprint density at radius 1 is 0.718 bits per heavy atom. The van der Waals surface area contributed by atoms with Gasteiger partial charge in [-0.05, 0) is 36.8 Å². The number of anilines is 2. The number of aliphatic imine (C=N–C) groups is 2. The normalized spacial score (nSPS) is 19.4. The maximum Gasteiger partial charge on any atom is 0.224 e. The van der Waals surface area contributed by atoms with Gasteiger partial charge >= 0.3 is 0 Å². The van der Waals surface area contributed by atoms with E-state index in [2.05, 4.69) is 68.3 Å². The van der Waals surface area contributed by atoms with Crippen LogP contribution in [0.1, 0.15) is 13.8 Å². The molecule has 0 aliphatic carbocycles. The van der Waals surface area contributed by atoms with Gasteiger partial charge in [-0.25, -0.2) is 9.98 Å². The molecule has 194 valence electrons. The molecule has 8 heteroatoms. The highest BCUT2D eigenvalue weighted by Gasteiger charge is 2.27. The van der Waals surface area contributed by atoms with Gasteiger partial charge in [-0.2, -0.15) is 0 Å². The minimum Gasteiger partial charge on any atom is -0.844 e. The van der Waals surface area contributed by atoms with Crippen molar-refractivity contribution in [2.24, 2.45) is 9.98 Å². The van der Waals surface area contributed by atoms with Gasteiger partial charge in [0.1, 0.15) is 12.3 Å². The molecule has 0 saturated heterocycles. The number of amidine groups is 1. The highest BCUT2D eigenvalue weighted by molar-refractivity contribution is 5.97. The van der Waals surface area contributed by atoms with E-state index in [4.69, 9.17) is 5.41 Å². The molecule has 4 aromatic rings. The van der Waals surface area contributed by atoms with Gasteiger partial charge in [-0.1, -0.05) is 72.8 Å². The smallest absolute Gasteiger partial charge is 0.224 e. The number of hydrogen-bond donors (Lipinski definition) is 1. The van der Waals surface area contributed by atoms with Gasteiger partial charge < -0.3 is 19.8 Å². The van der Waals surface area contributed by atoms with Crippen molar-refractivity contribution in [3.8, 4) is 0 Å². The lowest BCUT2D eigenvalue weighted by Crippen LogP contribution is -2.39. The molecular weight excluding hydrogens is 486 g/mol. The molecule has 8 nitrogen and oxygen atoms in total. The first-order valence-corrected chi connectivity index (χ1v) is 12.8. The molecule has 0 saturated carbocycles. The lowest BCUT2D eigenvalue weighted by Gasteiger charge is -2.29. The van der Waals surface area contributed by atoms with Crippen LogP contribution in [0.4, 0.5) is 11.4 Å². The Morgan fingerprint density at radius 2 is 1.26 bits per heavy atom. The highest BCUT2D eigenvalue weighted by Crippen LogP contribution is 2.32. The van der Waals surface area contributed by atoms with E-state index in [1.54, 1.807) is 11.1 Å². The Bertz CT molecular complexity index is 1660. The predicted molar refractivity (Wildman–Crippen MR) is 157 cm³/mol. The maximum atomic E-state index is 12.6. The second-order valence-electron chi connectivity index (χ2n) is 9.49. The fourth-order valence-corrected chi connectivity index (χ4v) is 5.17. The maximum absolute atomic E-state index is 12.6. The molecule has 0 amide bonds. The van der Waals surface area contributed by atoms with Gasteiger partial charge in [0, 0.05) is 35.6 Å². The highest BCUT2D eigenvalue weighted by atomic mass is 16.3.